The molecule has 0 radical (unpaired) electrons. The highest BCUT2D eigenvalue weighted by atomic mass is 16.5. The van der Waals surface area contributed by atoms with Gasteiger partial charge in [0.2, 0.25) is 0 Å². The van der Waals surface area contributed by atoms with Crippen LogP contribution in [0.5, 0.6) is 5.75 Å². The van der Waals surface area contributed by atoms with Gasteiger partial charge in [-0.05, 0) is 38.8 Å². The maximum atomic E-state index is 11.5. The molecule has 5 nitrogen and oxygen atoms in total. The number of aryl methyl sites for hydroxylation is 1. The van der Waals surface area contributed by atoms with Crippen LogP contribution in [0.4, 0.5) is 4.79 Å². The van der Waals surface area contributed by atoms with Crippen LogP contribution in [0.25, 0.3) is 0 Å². The molecule has 0 fully saturated rings. The summed E-state index contributed by atoms with van der Waals surface area (Å²) in [4.78, 5) is 11.5. The van der Waals surface area contributed by atoms with Crippen molar-refractivity contribution in [2.75, 3.05) is 19.8 Å². The zero-order chi connectivity index (χ0) is 14.8. The first kappa shape index (κ1) is 16.3. The number of hydrogen-bond donors (Lipinski definition) is 3. The Hall–Kier alpha value is -1.75. The van der Waals surface area contributed by atoms with Gasteiger partial charge in [0.1, 0.15) is 5.75 Å². The predicted molar refractivity (Wildman–Crippen MR) is 79.0 cm³/mol. The lowest BCUT2D eigenvalue weighted by molar-refractivity contribution is 0.229. The summed E-state index contributed by atoms with van der Waals surface area (Å²) in [5, 5.41) is 14.2. The molecule has 112 valence electrons. The van der Waals surface area contributed by atoms with Gasteiger partial charge in [-0.3, -0.25) is 0 Å². The number of rotatable bonds is 8. The summed E-state index contributed by atoms with van der Waals surface area (Å²) in [6.45, 7) is 5.09. The van der Waals surface area contributed by atoms with Crippen molar-refractivity contribution in [2.24, 2.45) is 0 Å². The van der Waals surface area contributed by atoms with Gasteiger partial charge in [-0.15, -0.1) is 0 Å². The molecule has 0 bridgehead atoms. The first-order valence-electron chi connectivity index (χ1n) is 6.96. The van der Waals surface area contributed by atoms with Gasteiger partial charge in [0.05, 0.1) is 6.61 Å². The van der Waals surface area contributed by atoms with Crippen molar-refractivity contribution in [1.29, 1.82) is 0 Å². The number of benzene rings is 1. The Morgan fingerprint density at radius 3 is 2.70 bits per heavy atom. The van der Waals surface area contributed by atoms with E-state index < -0.39 is 0 Å². The summed E-state index contributed by atoms with van der Waals surface area (Å²) in [5.41, 5.74) is 1.20. The normalized spacial score (nSPS) is 11.8. The van der Waals surface area contributed by atoms with E-state index in [1.807, 2.05) is 38.1 Å². The molecule has 0 aliphatic heterocycles. The summed E-state index contributed by atoms with van der Waals surface area (Å²) in [5.74, 6) is 0.844. The molecule has 5 heteroatoms. The second kappa shape index (κ2) is 9.20. The molecule has 0 unspecified atom stereocenters. The SMILES string of the molecule is Cc1ccc(OCCCNC(=O)N[C@H](C)CCO)cc1. The van der Waals surface area contributed by atoms with Gasteiger partial charge < -0.3 is 20.5 Å². The van der Waals surface area contributed by atoms with Crippen LogP contribution >= 0.6 is 0 Å². The Bertz CT molecular complexity index is 393. The van der Waals surface area contributed by atoms with E-state index in [4.69, 9.17) is 9.84 Å². The minimum atomic E-state index is -0.207. The molecule has 0 saturated carbocycles. The second-order valence-electron chi connectivity index (χ2n) is 4.83. The van der Waals surface area contributed by atoms with E-state index in [1.165, 1.54) is 5.56 Å². The molecule has 2 amide bonds. The van der Waals surface area contributed by atoms with E-state index >= 15 is 0 Å². The first-order valence-corrected chi connectivity index (χ1v) is 6.96. The topological polar surface area (TPSA) is 70.6 Å². The molecule has 1 aromatic rings. The Labute approximate surface area is 120 Å². The van der Waals surface area contributed by atoms with Crippen LogP contribution in [0.15, 0.2) is 24.3 Å². The summed E-state index contributed by atoms with van der Waals surface area (Å²) < 4.78 is 5.56. The van der Waals surface area contributed by atoms with Gasteiger partial charge in [-0.25, -0.2) is 4.79 Å². The van der Waals surface area contributed by atoms with E-state index in [1.54, 1.807) is 0 Å². The molecule has 20 heavy (non-hydrogen) atoms. The number of hydrogen-bond acceptors (Lipinski definition) is 3. The number of nitrogens with one attached hydrogen (secondary N) is 2. The van der Waals surface area contributed by atoms with Crippen molar-refractivity contribution in [1.82, 2.24) is 10.6 Å². The van der Waals surface area contributed by atoms with Crippen molar-refractivity contribution in [3.8, 4) is 5.75 Å². The number of ether oxygens (including phenoxy) is 1. The molecule has 0 aliphatic carbocycles. The number of carbonyl (C=O) groups excluding carboxylic acids is 1. The van der Waals surface area contributed by atoms with Crippen LogP contribution in [-0.2, 0) is 0 Å². The largest absolute Gasteiger partial charge is 0.494 e. The maximum Gasteiger partial charge on any atom is 0.314 e. The molecule has 0 aromatic heterocycles. The highest BCUT2D eigenvalue weighted by Gasteiger charge is 2.05. The van der Waals surface area contributed by atoms with Crippen LogP contribution < -0.4 is 15.4 Å². The summed E-state index contributed by atoms with van der Waals surface area (Å²) in [6.07, 6.45) is 1.31. The van der Waals surface area contributed by atoms with Gasteiger partial charge in [-0.2, -0.15) is 0 Å². The Kier molecular flexibility index (Phi) is 7.50. The number of carbonyl (C=O) groups is 1. The lowest BCUT2D eigenvalue weighted by Crippen LogP contribution is -2.41. The Balaban J connectivity index is 2.07. The number of urea groups is 1. The number of aliphatic hydroxyl groups excluding tert-OH is 1. The van der Waals surface area contributed by atoms with E-state index in [9.17, 15) is 4.79 Å². The van der Waals surface area contributed by atoms with Gasteiger partial charge in [-0.1, -0.05) is 17.7 Å². The highest BCUT2D eigenvalue weighted by Crippen LogP contribution is 2.11. The third-order valence-corrected chi connectivity index (χ3v) is 2.84. The Morgan fingerprint density at radius 1 is 1.35 bits per heavy atom. The summed E-state index contributed by atoms with van der Waals surface area (Å²) in [7, 11) is 0. The maximum absolute atomic E-state index is 11.5. The number of amides is 2. The van der Waals surface area contributed by atoms with E-state index in [-0.39, 0.29) is 18.7 Å². The zero-order valence-corrected chi connectivity index (χ0v) is 12.2. The predicted octanol–water partition coefficient (Wildman–Crippen LogP) is 1.83. The standard InChI is InChI=1S/C15H24N2O3/c1-12-4-6-14(7-5-12)20-11-3-9-16-15(19)17-13(2)8-10-18/h4-7,13,18H,3,8-11H2,1-2H3,(H2,16,17,19)/t13-/m1/s1. The fourth-order valence-corrected chi connectivity index (χ4v) is 1.64. The number of aliphatic hydroxyl groups is 1. The van der Waals surface area contributed by atoms with Gasteiger partial charge >= 0.3 is 6.03 Å². The minimum Gasteiger partial charge on any atom is -0.494 e. The van der Waals surface area contributed by atoms with E-state index in [0.717, 1.165) is 12.2 Å². The lowest BCUT2D eigenvalue weighted by atomic mass is 10.2. The third kappa shape index (κ3) is 6.99. The Morgan fingerprint density at radius 2 is 2.05 bits per heavy atom. The van der Waals surface area contributed by atoms with Crippen molar-refractivity contribution in [3.05, 3.63) is 29.8 Å². The van der Waals surface area contributed by atoms with Crippen molar-refractivity contribution >= 4 is 6.03 Å². The van der Waals surface area contributed by atoms with E-state index in [0.29, 0.717) is 19.6 Å². The molecule has 0 spiro atoms. The van der Waals surface area contributed by atoms with Crippen molar-refractivity contribution < 1.29 is 14.6 Å². The summed E-state index contributed by atoms with van der Waals surface area (Å²) in [6, 6.07) is 7.65. The molecule has 1 atom stereocenters. The van der Waals surface area contributed by atoms with Crippen LogP contribution in [0.2, 0.25) is 0 Å². The van der Waals surface area contributed by atoms with Gasteiger partial charge in [0.15, 0.2) is 0 Å². The quantitative estimate of drug-likeness (QED) is 0.636. The molecule has 0 heterocycles. The molecule has 1 aromatic carbocycles. The van der Waals surface area contributed by atoms with Crippen LogP contribution in [0, 0.1) is 6.92 Å². The smallest absolute Gasteiger partial charge is 0.314 e. The average Bonchev–Trinajstić information content (AvgIpc) is 2.40. The minimum absolute atomic E-state index is 0.0243. The molecule has 0 aliphatic rings. The fraction of sp³-hybridized carbons (Fsp3) is 0.533. The van der Waals surface area contributed by atoms with Gasteiger partial charge in [0.25, 0.3) is 0 Å². The third-order valence-electron chi connectivity index (χ3n) is 2.84. The van der Waals surface area contributed by atoms with Crippen LogP contribution in [0.3, 0.4) is 0 Å². The van der Waals surface area contributed by atoms with Crippen LogP contribution in [-0.4, -0.2) is 36.9 Å². The molecule has 1 rings (SSSR count). The van der Waals surface area contributed by atoms with Crippen molar-refractivity contribution in [2.45, 2.75) is 32.7 Å². The highest BCUT2D eigenvalue weighted by molar-refractivity contribution is 5.74. The monoisotopic (exact) mass is 280 g/mol. The average molecular weight is 280 g/mol. The lowest BCUT2D eigenvalue weighted by Gasteiger charge is -2.13. The molecule has 3 N–H and O–H groups in total. The van der Waals surface area contributed by atoms with Crippen molar-refractivity contribution in [3.63, 3.8) is 0 Å². The second-order valence-corrected chi connectivity index (χ2v) is 4.83. The van der Waals surface area contributed by atoms with Gasteiger partial charge in [0, 0.05) is 19.2 Å². The summed E-state index contributed by atoms with van der Waals surface area (Å²) >= 11 is 0. The van der Waals surface area contributed by atoms with Crippen LogP contribution in [0.1, 0.15) is 25.3 Å². The molecular weight excluding hydrogens is 256 g/mol. The van der Waals surface area contributed by atoms with E-state index in [2.05, 4.69) is 10.6 Å². The fourth-order valence-electron chi connectivity index (χ4n) is 1.64. The molecular formula is C15H24N2O3. The first-order chi connectivity index (χ1) is 9.61. The zero-order valence-electron chi connectivity index (χ0n) is 12.2. The molecule has 0 saturated heterocycles.